The normalized spacial score (nSPS) is 25.3. The largest absolute Gasteiger partial charge is 0.378 e. The van der Waals surface area contributed by atoms with E-state index >= 15 is 0 Å². The Balaban J connectivity index is 2.10. The Kier molecular flexibility index (Phi) is 7.39. The molecule has 19 heavy (non-hydrogen) atoms. The van der Waals surface area contributed by atoms with Crippen molar-refractivity contribution in [1.29, 1.82) is 0 Å². The van der Waals surface area contributed by atoms with Crippen LogP contribution in [0, 0.1) is 5.92 Å². The predicted octanol–water partition coefficient (Wildman–Crippen LogP) is 2.08. The van der Waals surface area contributed by atoms with Crippen molar-refractivity contribution in [2.45, 2.75) is 71.6 Å². The molecule has 3 atom stereocenters. The fourth-order valence-electron chi connectivity index (χ4n) is 2.65. The van der Waals surface area contributed by atoms with E-state index in [1.807, 2.05) is 0 Å². The number of nitrogens with one attached hydrogen (secondary N) is 2. The van der Waals surface area contributed by atoms with E-state index in [1.54, 1.807) is 0 Å². The molecule has 0 aromatic heterocycles. The Morgan fingerprint density at radius 1 is 1.42 bits per heavy atom. The van der Waals surface area contributed by atoms with Crippen molar-refractivity contribution in [3.05, 3.63) is 0 Å². The van der Waals surface area contributed by atoms with Crippen molar-refractivity contribution in [3.8, 4) is 0 Å². The van der Waals surface area contributed by atoms with Crippen LogP contribution in [0.2, 0.25) is 0 Å². The zero-order valence-electron chi connectivity index (χ0n) is 12.9. The monoisotopic (exact) mass is 270 g/mol. The van der Waals surface area contributed by atoms with E-state index in [0.29, 0.717) is 31.0 Å². The second-order valence-electron chi connectivity index (χ2n) is 6.20. The molecule has 1 heterocycles. The van der Waals surface area contributed by atoms with Gasteiger partial charge in [-0.3, -0.25) is 4.79 Å². The molecule has 2 N–H and O–H groups in total. The molecule has 0 aromatic rings. The van der Waals surface area contributed by atoms with Crippen molar-refractivity contribution in [3.63, 3.8) is 0 Å². The van der Waals surface area contributed by atoms with Crippen LogP contribution in [0.1, 0.15) is 53.4 Å². The molecule has 1 aliphatic heterocycles. The summed E-state index contributed by atoms with van der Waals surface area (Å²) < 4.78 is 5.66. The molecule has 0 aliphatic carbocycles. The van der Waals surface area contributed by atoms with Gasteiger partial charge in [-0.05, 0) is 45.6 Å². The van der Waals surface area contributed by atoms with Crippen LogP contribution < -0.4 is 10.6 Å². The average Bonchev–Trinajstić information content (AvgIpc) is 2.27. The first-order valence-electron chi connectivity index (χ1n) is 7.61. The van der Waals surface area contributed by atoms with Gasteiger partial charge in [0.1, 0.15) is 0 Å². The highest BCUT2D eigenvalue weighted by Crippen LogP contribution is 2.09. The van der Waals surface area contributed by atoms with Crippen molar-refractivity contribution in [2.24, 2.45) is 5.92 Å². The Bertz CT molecular complexity index is 269. The molecule has 112 valence electrons. The number of carbonyl (C=O) groups is 1. The molecule has 4 nitrogen and oxygen atoms in total. The molecular formula is C15H30N2O2. The molecule has 0 bridgehead atoms. The maximum absolute atomic E-state index is 11.8. The number of hydrogen-bond donors (Lipinski definition) is 2. The molecule has 1 amide bonds. The summed E-state index contributed by atoms with van der Waals surface area (Å²) >= 11 is 0. The maximum atomic E-state index is 11.8. The lowest BCUT2D eigenvalue weighted by Gasteiger charge is -2.28. The van der Waals surface area contributed by atoms with E-state index in [4.69, 9.17) is 4.74 Å². The van der Waals surface area contributed by atoms with E-state index in [2.05, 4.69) is 38.3 Å². The van der Waals surface area contributed by atoms with Crippen LogP contribution in [0.15, 0.2) is 0 Å². The van der Waals surface area contributed by atoms with Gasteiger partial charge in [0.05, 0.1) is 12.7 Å². The van der Waals surface area contributed by atoms with Crippen LogP contribution in [0.5, 0.6) is 0 Å². The zero-order chi connectivity index (χ0) is 14.3. The first-order chi connectivity index (χ1) is 8.97. The molecule has 0 radical (unpaired) electrons. The summed E-state index contributed by atoms with van der Waals surface area (Å²) in [6, 6.07) is 0.832. The molecule has 1 aliphatic rings. The second kappa shape index (κ2) is 8.54. The van der Waals surface area contributed by atoms with E-state index in [0.717, 1.165) is 25.8 Å². The number of piperidine rings is 1. The van der Waals surface area contributed by atoms with E-state index in [9.17, 15) is 4.79 Å². The summed E-state index contributed by atoms with van der Waals surface area (Å²) in [4.78, 5) is 11.8. The van der Waals surface area contributed by atoms with Gasteiger partial charge in [-0.15, -0.1) is 0 Å². The second-order valence-corrected chi connectivity index (χ2v) is 6.20. The number of hydrogen-bond acceptors (Lipinski definition) is 3. The third-order valence-corrected chi connectivity index (χ3v) is 3.52. The highest BCUT2D eigenvalue weighted by Gasteiger charge is 2.19. The molecule has 0 aromatic carbocycles. The number of amides is 1. The van der Waals surface area contributed by atoms with Gasteiger partial charge >= 0.3 is 0 Å². The van der Waals surface area contributed by atoms with Gasteiger partial charge in [0, 0.05) is 18.5 Å². The standard InChI is InChI=1S/C15H30N2O2/c1-11(2)9-13(4)19-8-6-15(18)17-14-5-7-16-12(3)10-14/h11-14,16H,5-10H2,1-4H3,(H,17,18). The first kappa shape index (κ1) is 16.4. The van der Waals surface area contributed by atoms with Crippen molar-refractivity contribution < 1.29 is 9.53 Å². The Labute approximate surface area is 117 Å². The molecule has 1 fully saturated rings. The topological polar surface area (TPSA) is 50.4 Å². The van der Waals surface area contributed by atoms with Gasteiger partial charge in [-0.1, -0.05) is 13.8 Å². The van der Waals surface area contributed by atoms with Gasteiger partial charge in [0.2, 0.25) is 5.91 Å². The Hall–Kier alpha value is -0.610. The smallest absolute Gasteiger partial charge is 0.222 e. The predicted molar refractivity (Wildman–Crippen MR) is 78.1 cm³/mol. The van der Waals surface area contributed by atoms with Crippen molar-refractivity contribution >= 4 is 5.91 Å². The fraction of sp³-hybridized carbons (Fsp3) is 0.933. The lowest BCUT2D eigenvalue weighted by atomic mass is 10.0. The zero-order valence-corrected chi connectivity index (χ0v) is 12.9. The van der Waals surface area contributed by atoms with E-state index in [1.165, 1.54) is 0 Å². The SMILES string of the molecule is CC(C)CC(C)OCCC(=O)NC1CCNC(C)C1. The number of rotatable bonds is 7. The minimum Gasteiger partial charge on any atom is -0.378 e. The van der Waals surface area contributed by atoms with Crippen molar-refractivity contribution in [1.82, 2.24) is 10.6 Å². The van der Waals surface area contributed by atoms with Gasteiger partial charge in [-0.2, -0.15) is 0 Å². The van der Waals surface area contributed by atoms with Gasteiger partial charge in [0.25, 0.3) is 0 Å². The third kappa shape index (κ3) is 7.53. The molecule has 0 spiro atoms. The average molecular weight is 270 g/mol. The number of ether oxygens (including phenoxy) is 1. The summed E-state index contributed by atoms with van der Waals surface area (Å²) in [6.07, 6.45) is 3.82. The lowest BCUT2D eigenvalue weighted by Crippen LogP contribution is -2.46. The molecule has 1 saturated heterocycles. The summed E-state index contributed by atoms with van der Waals surface area (Å²) in [7, 11) is 0. The van der Waals surface area contributed by atoms with Crippen molar-refractivity contribution in [2.75, 3.05) is 13.2 Å². The molecule has 3 unspecified atom stereocenters. The molecule has 4 heteroatoms. The van der Waals surface area contributed by atoms with Crippen LogP contribution in [-0.2, 0) is 9.53 Å². The maximum Gasteiger partial charge on any atom is 0.222 e. The van der Waals surface area contributed by atoms with Crippen LogP contribution in [-0.4, -0.2) is 37.2 Å². The third-order valence-electron chi connectivity index (χ3n) is 3.52. The minimum atomic E-state index is 0.121. The Morgan fingerprint density at radius 2 is 2.16 bits per heavy atom. The van der Waals surface area contributed by atoms with Crippen LogP contribution in [0.4, 0.5) is 0 Å². The fourth-order valence-corrected chi connectivity index (χ4v) is 2.65. The minimum absolute atomic E-state index is 0.121. The summed E-state index contributed by atoms with van der Waals surface area (Å²) in [5, 5.41) is 6.49. The van der Waals surface area contributed by atoms with E-state index < -0.39 is 0 Å². The summed E-state index contributed by atoms with van der Waals surface area (Å²) in [5.41, 5.74) is 0. The quantitative estimate of drug-likeness (QED) is 0.745. The van der Waals surface area contributed by atoms with E-state index in [-0.39, 0.29) is 12.0 Å². The van der Waals surface area contributed by atoms with Crippen LogP contribution in [0.3, 0.4) is 0 Å². The Morgan fingerprint density at radius 3 is 2.79 bits per heavy atom. The first-order valence-corrected chi connectivity index (χ1v) is 7.61. The van der Waals surface area contributed by atoms with Gasteiger partial charge in [0.15, 0.2) is 0 Å². The highest BCUT2D eigenvalue weighted by atomic mass is 16.5. The highest BCUT2D eigenvalue weighted by molar-refractivity contribution is 5.76. The number of carbonyl (C=O) groups excluding carboxylic acids is 1. The van der Waals surface area contributed by atoms with Crippen LogP contribution in [0.25, 0.3) is 0 Å². The molecule has 1 rings (SSSR count). The molecular weight excluding hydrogens is 240 g/mol. The van der Waals surface area contributed by atoms with Crippen LogP contribution >= 0.6 is 0 Å². The summed E-state index contributed by atoms with van der Waals surface area (Å²) in [5.74, 6) is 0.760. The lowest BCUT2D eigenvalue weighted by molar-refractivity contribution is -0.123. The van der Waals surface area contributed by atoms with Gasteiger partial charge < -0.3 is 15.4 Å². The van der Waals surface area contributed by atoms with Gasteiger partial charge in [-0.25, -0.2) is 0 Å². The summed E-state index contributed by atoms with van der Waals surface area (Å²) in [6.45, 7) is 10.1. The molecule has 0 saturated carbocycles.